The third-order valence-electron chi connectivity index (χ3n) is 0.314. The molecule has 0 rings (SSSR count). The predicted molar refractivity (Wildman–Crippen MR) is 22.1 cm³/mol. The number of carbonyl (C=O) groups excluding carboxylic acids is 1. The molecule has 0 atom stereocenters. The monoisotopic (exact) mass is 87.1 g/mol. The zero-order valence-electron chi connectivity index (χ0n) is 3.64. The lowest BCUT2D eigenvalue weighted by atomic mass is 10.6. The molecule has 0 aliphatic heterocycles. The van der Waals surface area contributed by atoms with Crippen molar-refractivity contribution in [2.24, 2.45) is 5.73 Å². The molecule has 1 radical (unpaired) electrons. The maximum Gasteiger partial charge on any atom is 0.233 e. The normalized spacial score (nSPS) is 8.17. The average molecular weight is 87.1 g/mol. The van der Waals surface area contributed by atoms with E-state index in [0.717, 1.165) is 0 Å². The summed E-state index contributed by atoms with van der Waals surface area (Å²) < 4.78 is 0. The largest absolute Gasteiger partial charge is 0.369 e. The van der Waals surface area contributed by atoms with Gasteiger partial charge in [0.2, 0.25) is 5.91 Å². The van der Waals surface area contributed by atoms with Gasteiger partial charge >= 0.3 is 0 Å². The predicted octanol–water partition coefficient (Wildman–Crippen LogP) is -1.29. The van der Waals surface area contributed by atoms with E-state index in [2.05, 4.69) is 11.1 Å². The number of nitrogens with two attached hydrogens (primary N) is 1. The third kappa shape index (κ3) is 3.43. The molecule has 2 N–H and O–H groups in total. The highest BCUT2D eigenvalue weighted by Gasteiger charge is 1.84. The zero-order chi connectivity index (χ0) is 4.99. The van der Waals surface area contributed by atoms with Crippen LogP contribution in [0.2, 0.25) is 0 Å². The van der Waals surface area contributed by atoms with Gasteiger partial charge in [-0.1, -0.05) is 0 Å². The molecule has 0 bridgehead atoms. The van der Waals surface area contributed by atoms with Crippen molar-refractivity contribution < 1.29 is 4.79 Å². The van der Waals surface area contributed by atoms with Crippen molar-refractivity contribution in [1.82, 2.24) is 5.32 Å². The highest BCUT2D eigenvalue weighted by atomic mass is 16.1. The minimum absolute atomic E-state index is 0.139. The number of nitrogens with zero attached hydrogens (tertiary/aromatic N) is 1. The van der Waals surface area contributed by atoms with Crippen molar-refractivity contribution in [3.63, 3.8) is 0 Å². The van der Waals surface area contributed by atoms with E-state index in [4.69, 9.17) is 0 Å². The Kier molecular flexibility index (Phi) is 2.40. The standard InChI is InChI=1S/C3H7N2O/c1-5-2-3(4)6/h2H2,1H3,(H2,4,6). The lowest BCUT2D eigenvalue weighted by Gasteiger charge is -1.82. The highest BCUT2D eigenvalue weighted by molar-refractivity contribution is 5.75. The van der Waals surface area contributed by atoms with Crippen molar-refractivity contribution >= 4 is 5.91 Å². The van der Waals surface area contributed by atoms with Gasteiger partial charge in [0.25, 0.3) is 0 Å². The topological polar surface area (TPSA) is 57.2 Å². The number of hydrogen-bond donors (Lipinski definition) is 1. The number of amides is 1. The molecule has 6 heavy (non-hydrogen) atoms. The minimum Gasteiger partial charge on any atom is -0.369 e. The highest BCUT2D eigenvalue weighted by Crippen LogP contribution is 1.48. The third-order valence-corrected chi connectivity index (χ3v) is 0.314. The molecule has 0 saturated heterocycles. The first kappa shape index (κ1) is 5.43. The first-order chi connectivity index (χ1) is 2.77. The minimum atomic E-state index is -0.377. The molecule has 0 heterocycles. The van der Waals surface area contributed by atoms with Gasteiger partial charge in [-0.05, 0) is 0 Å². The Labute approximate surface area is 36.5 Å². The van der Waals surface area contributed by atoms with Crippen LogP contribution in [-0.4, -0.2) is 19.5 Å². The number of carbonyl (C=O) groups is 1. The number of likely N-dealkylation sites (N-methyl/N-ethyl adjacent to an activating group) is 1. The second-order valence-corrected chi connectivity index (χ2v) is 0.941. The molecular weight excluding hydrogens is 80.0 g/mol. The summed E-state index contributed by atoms with van der Waals surface area (Å²) in [5.41, 5.74) is 4.67. The molecule has 3 heteroatoms. The quantitative estimate of drug-likeness (QED) is 0.447. The molecule has 0 unspecified atom stereocenters. The van der Waals surface area contributed by atoms with Crippen LogP contribution in [0.3, 0.4) is 0 Å². The van der Waals surface area contributed by atoms with Crippen molar-refractivity contribution in [3.05, 3.63) is 0 Å². The molecule has 0 aromatic rings. The van der Waals surface area contributed by atoms with Gasteiger partial charge in [0, 0.05) is 7.05 Å². The van der Waals surface area contributed by atoms with Gasteiger partial charge < -0.3 is 5.73 Å². The fourth-order valence-electron chi connectivity index (χ4n) is 0.156. The van der Waals surface area contributed by atoms with Gasteiger partial charge in [0.05, 0.1) is 6.54 Å². The van der Waals surface area contributed by atoms with Crippen molar-refractivity contribution in [2.45, 2.75) is 0 Å². The smallest absolute Gasteiger partial charge is 0.233 e. The first-order valence-electron chi connectivity index (χ1n) is 1.61. The number of primary amides is 1. The Bertz CT molecular complexity index is 52.8. The van der Waals surface area contributed by atoms with E-state index in [1.165, 1.54) is 0 Å². The molecule has 0 aromatic carbocycles. The van der Waals surface area contributed by atoms with Crippen LogP contribution < -0.4 is 11.1 Å². The van der Waals surface area contributed by atoms with Gasteiger partial charge in [0.15, 0.2) is 0 Å². The van der Waals surface area contributed by atoms with E-state index in [-0.39, 0.29) is 12.5 Å². The van der Waals surface area contributed by atoms with Crippen molar-refractivity contribution in [3.8, 4) is 0 Å². The summed E-state index contributed by atoms with van der Waals surface area (Å²) in [4.78, 5) is 9.73. The Balaban J connectivity index is 2.83. The van der Waals surface area contributed by atoms with Crippen LogP contribution in [0.1, 0.15) is 0 Å². The molecule has 0 aliphatic carbocycles. The first-order valence-corrected chi connectivity index (χ1v) is 1.61. The van der Waals surface area contributed by atoms with Gasteiger partial charge in [-0.25, -0.2) is 5.32 Å². The second kappa shape index (κ2) is 2.66. The summed E-state index contributed by atoms with van der Waals surface area (Å²) in [5, 5.41) is 3.46. The molecule has 3 nitrogen and oxygen atoms in total. The average Bonchev–Trinajstić information content (AvgIpc) is 1.35. The summed E-state index contributed by atoms with van der Waals surface area (Å²) in [6.07, 6.45) is 0. The molecule has 1 amide bonds. The van der Waals surface area contributed by atoms with Crippen LogP contribution in [0.4, 0.5) is 0 Å². The molecule has 0 fully saturated rings. The Hall–Kier alpha value is -0.570. The van der Waals surface area contributed by atoms with E-state index in [1.807, 2.05) is 0 Å². The zero-order valence-corrected chi connectivity index (χ0v) is 3.64. The molecule has 0 spiro atoms. The van der Waals surface area contributed by atoms with Crippen LogP contribution in [0.25, 0.3) is 0 Å². The van der Waals surface area contributed by atoms with E-state index in [9.17, 15) is 4.79 Å². The second-order valence-electron chi connectivity index (χ2n) is 0.941. The Morgan fingerprint density at radius 2 is 2.50 bits per heavy atom. The van der Waals surface area contributed by atoms with Gasteiger partial charge in [-0.3, -0.25) is 4.79 Å². The fourth-order valence-corrected chi connectivity index (χ4v) is 0.156. The lowest BCUT2D eigenvalue weighted by molar-refractivity contribution is -0.117. The molecule has 35 valence electrons. The Morgan fingerprint density at radius 3 is 2.50 bits per heavy atom. The van der Waals surface area contributed by atoms with Crippen LogP contribution in [0.5, 0.6) is 0 Å². The van der Waals surface area contributed by atoms with E-state index in [1.54, 1.807) is 7.05 Å². The van der Waals surface area contributed by atoms with Gasteiger partial charge in [-0.15, -0.1) is 0 Å². The van der Waals surface area contributed by atoms with E-state index < -0.39 is 0 Å². The molecule has 0 saturated carbocycles. The summed E-state index contributed by atoms with van der Waals surface area (Å²) in [7, 11) is 1.55. The lowest BCUT2D eigenvalue weighted by Crippen LogP contribution is -2.21. The van der Waals surface area contributed by atoms with Gasteiger partial charge in [-0.2, -0.15) is 0 Å². The van der Waals surface area contributed by atoms with Crippen LogP contribution in [-0.2, 0) is 4.79 Å². The van der Waals surface area contributed by atoms with Gasteiger partial charge in [0.1, 0.15) is 0 Å². The number of rotatable bonds is 2. The summed E-state index contributed by atoms with van der Waals surface area (Å²) in [5.74, 6) is -0.377. The molecule has 0 aliphatic rings. The maximum atomic E-state index is 9.73. The van der Waals surface area contributed by atoms with E-state index in [0.29, 0.717) is 0 Å². The SMILES string of the molecule is C[N]CC(N)=O. The summed E-state index contributed by atoms with van der Waals surface area (Å²) in [6.45, 7) is 0.139. The molecular formula is C3H7N2O. The van der Waals surface area contributed by atoms with Crippen LogP contribution in [0.15, 0.2) is 0 Å². The van der Waals surface area contributed by atoms with Crippen LogP contribution >= 0.6 is 0 Å². The van der Waals surface area contributed by atoms with E-state index >= 15 is 0 Å². The fraction of sp³-hybridized carbons (Fsp3) is 0.667. The van der Waals surface area contributed by atoms with Crippen molar-refractivity contribution in [1.29, 1.82) is 0 Å². The summed E-state index contributed by atoms with van der Waals surface area (Å²) >= 11 is 0. The van der Waals surface area contributed by atoms with Crippen LogP contribution in [0, 0.1) is 0 Å². The Morgan fingerprint density at radius 1 is 2.00 bits per heavy atom. The van der Waals surface area contributed by atoms with Crippen molar-refractivity contribution in [2.75, 3.05) is 13.6 Å². The summed E-state index contributed by atoms with van der Waals surface area (Å²) in [6, 6.07) is 0. The number of hydrogen-bond acceptors (Lipinski definition) is 1. The molecule has 0 aromatic heterocycles. The maximum absolute atomic E-state index is 9.73.